The Kier molecular flexibility index (Phi) is 5.02. The van der Waals surface area contributed by atoms with Crippen molar-refractivity contribution >= 4 is 13.3 Å². The van der Waals surface area contributed by atoms with Gasteiger partial charge in [0.05, 0.1) is 17.5 Å². The normalized spacial score (nSPS) is 12.5. The lowest BCUT2D eigenvalue weighted by Gasteiger charge is -2.33. The van der Waals surface area contributed by atoms with Crippen molar-refractivity contribution in [3.63, 3.8) is 0 Å². The summed E-state index contributed by atoms with van der Waals surface area (Å²) < 4.78 is 17.3. The number of nitrogen functional groups attached to an aromatic ring is 1. The molecule has 0 aromatic heterocycles. The summed E-state index contributed by atoms with van der Waals surface area (Å²) in [5.41, 5.74) is 6.83. The molecule has 0 aliphatic rings. The Morgan fingerprint density at radius 2 is 1.84 bits per heavy atom. The molecule has 4 N–H and O–H groups in total. The van der Waals surface area contributed by atoms with Crippen LogP contribution in [0.25, 0.3) is 0 Å². The minimum atomic E-state index is -4.28. The van der Waals surface area contributed by atoms with Gasteiger partial charge in [-0.15, -0.1) is 0 Å². The molecule has 0 spiro atoms. The van der Waals surface area contributed by atoms with Gasteiger partial charge in [0, 0.05) is 0 Å². The summed E-state index contributed by atoms with van der Waals surface area (Å²) in [6.07, 6.45) is 0.701. The van der Waals surface area contributed by atoms with Crippen molar-refractivity contribution in [2.45, 2.75) is 38.8 Å². The first-order valence-corrected chi connectivity index (χ1v) is 8.02. The molecule has 0 bridgehead atoms. The Morgan fingerprint density at radius 1 is 1.26 bits per heavy atom. The molecule has 19 heavy (non-hydrogen) atoms. The predicted octanol–water partition coefficient (Wildman–Crippen LogP) is 2.86. The maximum atomic E-state index is 11.9. The first-order chi connectivity index (χ1) is 8.82. The molecule has 0 radical (unpaired) electrons. The molecule has 5 nitrogen and oxygen atoms in total. The fraction of sp³-hybridized carbons (Fsp3) is 0.538. The summed E-state index contributed by atoms with van der Waals surface area (Å²) in [4.78, 5) is 19.4. The van der Waals surface area contributed by atoms with Crippen LogP contribution in [0.2, 0.25) is 0 Å². The van der Waals surface area contributed by atoms with Crippen LogP contribution in [0.15, 0.2) is 18.2 Å². The number of hydrogen-bond acceptors (Lipinski definition) is 3. The summed E-state index contributed by atoms with van der Waals surface area (Å²) >= 11 is 0. The largest absolute Gasteiger partial charge is 0.492 e. The minimum Gasteiger partial charge on any atom is -0.492 e. The van der Waals surface area contributed by atoms with Crippen molar-refractivity contribution < 1.29 is 19.1 Å². The molecule has 0 unspecified atom stereocenters. The van der Waals surface area contributed by atoms with Crippen LogP contribution in [0.4, 0.5) is 5.69 Å². The highest BCUT2D eigenvalue weighted by Crippen LogP contribution is 2.61. The summed E-state index contributed by atoms with van der Waals surface area (Å²) in [6, 6.07) is 4.95. The van der Waals surface area contributed by atoms with Crippen molar-refractivity contribution in [2.75, 3.05) is 12.3 Å². The number of anilines is 1. The summed E-state index contributed by atoms with van der Waals surface area (Å²) in [5.74, 6) is 0.472. The van der Waals surface area contributed by atoms with E-state index in [1.807, 2.05) is 6.92 Å². The fourth-order valence-corrected chi connectivity index (χ4v) is 3.64. The number of ether oxygens (including phenoxy) is 1. The Hall–Kier alpha value is -1.03. The van der Waals surface area contributed by atoms with Crippen LogP contribution >= 0.6 is 7.60 Å². The van der Waals surface area contributed by atoms with E-state index < -0.39 is 12.8 Å². The molecular weight excluding hydrogens is 265 g/mol. The highest BCUT2D eigenvalue weighted by atomic mass is 31.2. The lowest BCUT2D eigenvalue weighted by atomic mass is 9.92. The molecule has 0 fully saturated rings. The van der Waals surface area contributed by atoms with Crippen molar-refractivity contribution in [1.82, 2.24) is 0 Å². The van der Waals surface area contributed by atoms with Crippen LogP contribution in [0.3, 0.4) is 0 Å². The highest BCUT2D eigenvalue weighted by Gasteiger charge is 2.45. The van der Waals surface area contributed by atoms with Crippen LogP contribution < -0.4 is 10.5 Å². The van der Waals surface area contributed by atoms with Crippen LogP contribution in [0.5, 0.6) is 5.75 Å². The fourth-order valence-electron chi connectivity index (χ4n) is 2.34. The van der Waals surface area contributed by atoms with Crippen LogP contribution in [-0.4, -0.2) is 16.4 Å². The van der Waals surface area contributed by atoms with Gasteiger partial charge in [-0.3, -0.25) is 4.57 Å². The number of rotatable bonds is 6. The third kappa shape index (κ3) is 2.94. The van der Waals surface area contributed by atoms with Gasteiger partial charge >= 0.3 is 7.60 Å². The smallest absolute Gasteiger partial charge is 0.335 e. The average Bonchev–Trinajstić information content (AvgIpc) is 2.33. The summed E-state index contributed by atoms with van der Waals surface area (Å²) in [6.45, 7) is 5.84. The molecule has 1 rings (SSSR count). The van der Waals surface area contributed by atoms with Crippen LogP contribution in [0, 0.1) is 0 Å². The Balaban J connectivity index is 3.40. The second-order valence-corrected chi connectivity index (χ2v) is 6.41. The second kappa shape index (κ2) is 5.95. The number of nitrogens with two attached hydrogens (primary N) is 1. The molecule has 6 heteroatoms. The van der Waals surface area contributed by atoms with Crippen molar-refractivity contribution in [1.29, 1.82) is 0 Å². The SMILES string of the molecule is CCOc1cc(C(CC)(CC)P(=O)(O)O)ccc1N. The van der Waals surface area contributed by atoms with E-state index in [1.165, 1.54) is 0 Å². The summed E-state index contributed by atoms with van der Waals surface area (Å²) in [7, 11) is -4.28. The standard InChI is InChI=1S/C13H22NO4P/c1-4-13(5-2,19(15,16)17)10-7-8-11(14)12(9-10)18-6-3/h7-9H,4-6,14H2,1-3H3,(H2,15,16,17). The molecule has 0 aliphatic carbocycles. The summed E-state index contributed by atoms with van der Waals surface area (Å²) in [5, 5.41) is -1.17. The quantitative estimate of drug-likeness (QED) is 0.552. The molecular formula is C13H22NO4P. The van der Waals surface area contributed by atoms with Crippen molar-refractivity contribution in [3.05, 3.63) is 23.8 Å². The molecule has 0 atom stereocenters. The minimum absolute atomic E-state index is 0.350. The zero-order valence-electron chi connectivity index (χ0n) is 11.6. The monoisotopic (exact) mass is 287 g/mol. The van der Waals surface area contributed by atoms with Gasteiger partial charge in [-0.1, -0.05) is 19.9 Å². The van der Waals surface area contributed by atoms with Gasteiger partial charge in [0.15, 0.2) is 0 Å². The van der Waals surface area contributed by atoms with Crippen molar-refractivity contribution in [2.24, 2.45) is 0 Å². The topological polar surface area (TPSA) is 92.8 Å². The zero-order chi connectivity index (χ0) is 14.7. The van der Waals surface area contributed by atoms with E-state index >= 15 is 0 Å². The molecule has 0 aliphatic heterocycles. The van der Waals surface area contributed by atoms with Gasteiger partial charge in [-0.05, 0) is 37.5 Å². The third-order valence-corrected chi connectivity index (χ3v) is 5.58. The maximum Gasteiger partial charge on any atom is 0.335 e. The average molecular weight is 287 g/mol. The van der Waals surface area contributed by atoms with E-state index in [9.17, 15) is 14.4 Å². The van der Waals surface area contributed by atoms with E-state index in [0.717, 1.165) is 0 Å². The molecule has 0 saturated heterocycles. The molecule has 0 heterocycles. The van der Waals surface area contributed by atoms with E-state index in [-0.39, 0.29) is 0 Å². The lowest BCUT2D eigenvalue weighted by Crippen LogP contribution is -2.24. The number of benzene rings is 1. The molecule has 1 aromatic carbocycles. The van der Waals surface area contributed by atoms with Gasteiger partial charge < -0.3 is 20.3 Å². The lowest BCUT2D eigenvalue weighted by molar-refractivity contribution is 0.313. The first-order valence-electron chi connectivity index (χ1n) is 6.40. The highest BCUT2D eigenvalue weighted by molar-refractivity contribution is 7.53. The molecule has 0 saturated carbocycles. The zero-order valence-corrected chi connectivity index (χ0v) is 12.5. The molecule has 1 aromatic rings. The predicted molar refractivity (Wildman–Crippen MR) is 76.3 cm³/mol. The van der Waals surface area contributed by atoms with E-state index in [2.05, 4.69) is 0 Å². The van der Waals surface area contributed by atoms with Gasteiger partial charge in [0.25, 0.3) is 0 Å². The first kappa shape index (κ1) is 16.0. The van der Waals surface area contributed by atoms with Gasteiger partial charge in [-0.2, -0.15) is 0 Å². The second-order valence-electron chi connectivity index (χ2n) is 4.47. The van der Waals surface area contributed by atoms with E-state index in [4.69, 9.17) is 10.5 Å². The van der Waals surface area contributed by atoms with Crippen LogP contribution in [0.1, 0.15) is 39.2 Å². The van der Waals surface area contributed by atoms with Gasteiger partial charge in [0.1, 0.15) is 5.75 Å². The Morgan fingerprint density at radius 3 is 2.26 bits per heavy atom. The maximum absolute atomic E-state index is 11.9. The van der Waals surface area contributed by atoms with Crippen LogP contribution in [-0.2, 0) is 9.72 Å². The van der Waals surface area contributed by atoms with Crippen molar-refractivity contribution in [3.8, 4) is 5.75 Å². The van der Waals surface area contributed by atoms with Gasteiger partial charge in [0.2, 0.25) is 0 Å². The number of hydrogen-bond donors (Lipinski definition) is 3. The Bertz CT molecular complexity index is 480. The molecule has 0 amide bonds. The van der Waals surface area contributed by atoms with E-state index in [0.29, 0.717) is 36.4 Å². The molecule has 108 valence electrons. The van der Waals surface area contributed by atoms with Gasteiger partial charge in [-0.25, -0.2) is 0 Å². The Labute approximate surface area is 113 Å². The third-order valence-electron chi connectivity index (χ3n) is 3.58. The van der Waals surface area contributed by atoms with E-state index in [1.54, 1.807) is 32.0 Å².